The SMILES string of the molecule is Cc1ccc(-n2ncc3c(C(C)C)nn(CC(=O)Nc4ccccc4C(F)(F)F)c(=O)c32)cc1C. The molecular formula is C25H24F3N5O2. The monoisotopic (exact) mass is 483 g/mol. The molecule has 1 N–H and O–H groups in total. The van der Waals surface area contributed by atoms with E-state index in [-0.39, 0.29) is 17.1 Å². The quantitative estimate of drug-likeness (QED) is 0.434. The number of aromatic nitrogens is 4. The number of amides is 1. The molecule has 0 radical (unpaired) electrons. The molecule has 0 aliphatic carbocycles. The molecule has 2 heterocycles. The van der Waals surface area contributed by atoms with Crippen LogP contribution in [0.3, 0.4) is 0 Å². The Balaban J connectivity index is 1.77. The first-order valence-electron chi connectivity index (χ1n) is 11.0. The second kappa shape index (κ2) is 9.01. The second-order valence-electron chi connectivity index (χ2n) is 8.68. The number of nitrogens with one attached hydrogen (secondary N) is 1. The van der Waals surface area contributed by atoms with Gasteiger partial charge in [0.15, 0.2) is 0 Å². The van der Waals surface area contributed by atoms with Gasteiger partial charge in [0, 0.05) is 5.39 Å². The normalized spacial score (nSPS) is 11.9. The maximum absolute atomic E-state index is 13.4. The predicted molar refractivity (Wildman–Crippen MR) is 127 cm³/mol. The van der Waals surface area contributed by atoms with Crippen molar-refractivity contribution in [3.05, 3.63) is 81.4 Å². The highest BCUT2D eigenvalue weighted by Gasteiger charge is 2.33. The number of aryl methyl sites for hydroxylation is 2. The summed E-state index contributed by atoms with van der Waals surface area (Å²) in [6, 6.07) is 10.3. The molecule has 0 bridgehead atoms. The lowest BCUT2D eigenvalue weighted by molar-refractivity contribution is -0.137. The van der Waals surface area contributed by atoms with E-state index in [1.807, 2.05) is 45.9 Å². The number of alkyl halides is 3. The van der Waals surface area contributed by atoms with E-state index in [1.165, 1.54) is 16.8 Å². The molecule has 0 unspecified atom stereocenters. The minimum Gasteiger partial charge on any atom is -0.324 e. The summed E-state index contributed by atoms with van der Waals surface area (Å²) in [5, 5.41) is 11.6. The van der Waals surface area contributed by atoms with Gasteiger partial charge < -0.3 is 5.32 Å². The molecular weight excluding hydrogens is 459 g/mol. The summed E-state index contributed by atoms with van der Waals surface area (Å²) < 4.78 is 42.4. The zero-order chi connectivity index (χ0) is 25.5. The lowest BCUT2D eigenvalue weighted by Gasteiger charge is -2.15. The highest BCUT2D eigenvalue weighted by atomic mass is 19.4. The number of nitrogens with zero attached hydrogens (tertiary/aromatic N) is 4. The highest BCUT2D eigenvalue weighted by molar-refractivity contribution is 5.91. The highest BCUT2D eigenvalue weighted by Crippen LogP contribution is 2.34. The Bertz CT molecular complexity index is 1480. The maximum atomic E-state index is 13.4. The van der Waals surface area contributed by atoms with Crippen molar-refractivity contribution in [2.24, 2.45) is 0 Å². The number of anilines is 1. The van der Waals surface area contributed by atoms with Crippen LogP contribution in [0.4, 0.5) is 18.9 Å². The number of halogens is 3. The number of carbonyl (C=O) groups excluding carboxylic acids is 1. The predicted octanol–water partition coefficient (Wildman–Crippen LogP) is 4.98. The molecule has 0 saturated heterocycles. The van der Waals surface area contributed by atoms with Gasteiger partial charge in [-0.3, -0.25) is 9.59 Å². The van der Waals surface area contributed by atoms with Gasteiger partial charge >= 0.3 is 6.18 Å². The van der Waals surface area contributed by atoms with E-state index in [4.69, 9.17) is 0 Å². The van der Waals surface area contributed by atoms with Gasteiger partial charge in [-0.05, 0) is 55.2 Å². The zero-order valence-electron chi connectivity index (χ0n) is 19.6. The number of carbonyl (C=O) groups is 1. The molecule has 0 aliphatic heterocycles. The van der Waals surface area contributed by atoms with Crippen LogP contribution in [-0.4, -0.2) is 25.5 Å². The molecule has 0 saturated carbocycles. The molecule has 35 heavy (non-hydrogen) atoms. The Morgan fingerprint density at radius 2 is 1.80 bits per heavy atom. The largest absolute Gasteiger partial charge is 0.418 e. The lowest BCUT2D eigenvalue weighted by atomic mass is 10.1. The average molecular weight is 483 g/mol. The van der Waals surface area contributed by atoms with Crippen LogP contribution in [0, 0.1) is 13.8 Å². The number of hydrogen-bond acceptors (Lipinski definition) is 4. The van der Waals surface area contributed by atoms with Gasteiger partial charge in [0.2, 0.25) is 5.91 Å². The van der Waals surface area contributed by atoms with Gasteiger partial charge in [-0.15, -0.1) is 0 Å². The van der Waals surface area contributed by atoms with Crippen LogP contribution in [0.15, 0.2) is 53.5 Å². The smallest absolute Gasteiger partial charge is 0.324 e. The third-order valence-corrected chi connectivity index (χ3v) is 5.79. The van der Waals surface area contributed by atoms with Crippen LogP contribution in [0.5, 0.6) is 0 Å². The van der Waals surface area contributed by atoms with Crippen LogP contribution in [0.1, 0.15) is 42.1 Å². The molecule has 0 spiro atoms. The van der Waals surface area contributed by atoms with Crippen LogP contribution in [0.25, 0.3) is 16.6 Å². The molecule has 4 rings (SSSR count). The standard InChI is InChI=1S/C25H24F3N5O2/c1-14(2)22-18-12-29-33(17-10-9-15(3)16(4)11-17)23(18)24(35)32(31-22)13-21(34)30-20-8-6-5-7-19(20)25(26,27)28/h5-12,14H,13H2,1-4H3,(H,30,34). The van der Waals surface area contributed by atoms with Crippen molar-refractivity contribution in [3.63, 3.8) is 0 Å². The molecule has 2 aromatic heterocycles. The lowest BCUT2D eigenvalue weighted by Crippen LogP contribution is -2.32. The zero-order valence-corrected chi connectivity index (χ0v) is 19.6. The molecule has 4 aromatic rings. The molecule has 2 aromatic carbocycles. The number of hydrogen-bond donors (Lipinski definition) is 1. The fraction of sp³-hybridized carbons (Fsp3) is 0.280. The Labute approximate surface area is 199 Å². The van der Waals surface area contributed by atoms with Crippen molar-refractivity contribution in [1.29, 1.82) is 0 Å². The third-order valence-electron chi connectivity index (χ3n) is 5.79. The first-order valence-corrected chi connectivity index (χ1v) is 11.0. The summed E-state index contributed by atoms with van der Waals surface area (Å²) in [5.74, 6) is -0.904. The average Bonchev–Trinajstić information content (AvgIpc) is 3.22. The van der Waals surface area contributed by atoms with Gasteiger partial charge in [0.05, 0.1) is 28.8 Å². The summed E-state index contributed by atoms with van der Waals surface area (Å²) in [6.45, 7) is 7.16. The molecule has 1 amide bonds. The first-order chi connectivity index (χ1) is 16.5. The summed E-state index contributed by atoms with van der Waals surface area (Å²) in [6.07, 6.45) is -3.07. The van der Waals surface area contributed by atoms with Crippen molar-refractivity contribution in [1.82, 2.24) is 19.6 Å². The van der Waals surface area contributed by atoms with Gasteiger partial charge in [-0.25, -0.2) is 9.36 Å². The van der Waals surface area contributed by atoms with Crippen LogP contribution in [0.2, 0.25) is 0 Å². The molecule has 7 nitrogen and oxygen atoms in total. The second-order valence-corrected chi connectivity index (χ2v) is 8.68. The third kappa shape index (κ3) is 4.68. The van der Waals surface area contributed by atoms with E-state index < -0.39 is 29.8 Å². The molecule has 0 fully saturated rings. The number of fused-ring (bicyclic) bond motifs is 1. The Hall–Kier alpha value is -3.95. The van der Waals surface area contributed by atoms with Gasteiger partial charge in [0.1, 0.15) is 12.1 Å². The van der Waals surface area contributed by atoms with Crippen molar-refractivity contribution in [3.8, 4) is 5.69 Å². The summed E-state index contributed by atoms with van der Waals surface area (Å²) in [5.41, 5.74) is 1.66. The van der Waals surface area contributed by atoms with Gasteiger partial charge in [-0.1, -0.05) is 32.0 Å². The van der Waals surface area contributed by atoms with Crippen LogP contribution >= 0.6 is 0 Å². The topological polar surface area (TPSA) is 81.8 Å². The summed E-state index contributed by atoms with van der Waals surface area (Å²) in [4.78, 5) is 26.1. The van der Waals surface area contributed by atoms with Crippen LogP contribution < -0.4 is 10.9 Å². The Kier molecular flexibility index (Phi) is 6.23. The van der Waals surface area contributed by atoms with E-state index in [2.05, 4.69) is 15.5 Å². The summed E-state index contributed by atoms with van der Waals surface area (Å²) in [7, 11) is 0. The number of rotatable bonds is 5. The van der Waals surface area contributed by atoms with Gasteiger partial charge in [0.25, 0.3) is 5.56 Å². The van der Waals surface area contributed by atoms with E-state index >= 15 is 0 Å². The van der Waals surface area contributed by atoms with E-state index in [0.29, 0.717) is 16.8 Å². The fourth-order valence-corrected chi connectivity index (χ4v) is 3.85. The van der Waals surface area contributed by atoms with Crippen molar-refractivity contribution in [2.75, 3.05) is 5.32 Å². The van der Waals surface area contributed by atoms with Crippen molar-refractivity contribution in [2.45, 2.75) is 46.3 Å². The van der Waals surface area contributed by atoms with E-state index in [0.717, 1.165) is 27.9 Å². The Morgan fingerprint density at radius 3 is 2.46 bits per heavy atom. The first kappa shape index (κ1) is 24.2. The number of benzene rings is 2. The minimum atomic E-state index is -4.64. The fourth-order valence-electron chi connectivity index (χ4n) is 3.85. The number of para-hydroxylation sites is 1. The summed E-state index contributed by atoms with van der Waals surface area (Å²) >= 11 is 0. The maximum Gasteiger partial charge on any atom is 0.418 e. The molecule has 182 valence electrons. The molecule has 0 atom stereocenters. The van der Waals surface area contributed by atoms with Crippen LogP contribution in [-0.2, 0) is 17.5 Å². The van der Waals surface area contributed by atoms with Crippen molar-refractivity contribution < 1.29 is 18.0 Å². The van der Waals surface area contributed by atoms with Gasteiger partial charge in [-0.2, -0.15) is 23.4 Å². The molecule has 10 heteroatoms. The van der Waals surface area contributed by atoms with E-state index in [9.17, 15) is 22.8 Å². The van der Waals surface area contributed by atoms with E-state index in [1.54, 1.807) is 6.20 Å². The Morgan fingerprint density at radius 1 is 1.09 bits per heavy atom. The molecule has 0 aliphatic rings. The minimum absolute atomic E-state index is 0.101. The van der Waals surface area contributed by atoms with Crippen molar-refractivity contribution >= 4 is 22.5 Å².